The molecule has 3 atom stereocenters. The second kappa shape index (κ2) is 5.26. The van der Waals surface area contributed by atoms with E-state index in [2.05, 4.69) is 24.1 Å². The molecule has 1 aromatic rings. The molecule has 0 bridgehead atoms. The van der Waals surface area contributed by atoms with Crippen LogP contribution in [0.4, 0.5) is 0 Å². The zero-order valence-electron chi connectivity index (χ0n) is 13.2. The van der Waals surface area contributed by atoms with E-state index in [1.807, 2.05) is 12.1 Å². The van der Waals surface area contributed by atoms with Crippen molar-refractivity contribution in [3.8, 4) is 11.5 Å². The van der Waals surface area contributed by atoms with Crippen LogP contribution in [-0.2, 0) is 12.0 Å². The Labute approximate surface area is 131 Å². The molecule has 2 aliphatic heterocycles. The van der Waals surface area contributed by atoms with Gasteiger partial charge in [-0.25, -0.2) is 0 Å². The Balaban J connectivity index is 0.00000144. The molecule has 120 valence electrons. The number of rotatable bonds is 1. The Bertz CT molecular complexity index is 616. The fourth-order valence-electron chi connectivity index (χ4n) is 4.08. The zero-order chi connectivity index (χ0) is 14.6. The zero-order valence-corrected chi connectivity index (χ0v) is 13.2. The highest BCUT2D eigenvalue weighted by Crippen LogP contribution is 2.55. The Morgan fingerprint density at radius 1 is 1.41 bits per heavy atom. The average molecular weight is 304 g/mol. The quantitative estimate of drug-likeness (QED) is 0.776. The highest BCUT2D eigenvalue weighted by molar-refractivity contribution is 5.60. The number of hydrogen-bond donors (Lipinski definition) is 2. The van der Waals surface area contributed by atoms with Crippen molar-refractivity contribution >= 4 is 0 Å². The van der Waals surface area contributed by atoms with Crippen molar-refractivity contribution in [1.29, 1.82) is 0 Å². The third-order valence-electron chi connectivity index (χ3n) is 5.15. The summed E-state index contributed by atoms with van der Waals surface area (Å²) in [6, 6.07) is 4.16. The lowest BCUT2D eigenvalue weighted by molar-refractivity contribution is 0.0821. The molecular weight excluding hydrogens is 280 g/mol. The highest BCUT2D eigenvalue weighted by Gasteiger charge is 2.52. The summed E-state index contributed by atoms with van der Waals surface area (Å²) < 4.78 is 11.8. The molecule has 1 aromatic carbocycles. The molecular formula is C17H24N2O3. The van der Waals surface area contributed by atoms with Gasteiger partial charge in [-0.15, -0.1) is 0 Å². The lowest BCUT2D eigenvalue weighted by Crippen LogP contribution is -2.42. The minimum Gasteiger partial charge on any atom is -0.493 e. The van der Waals surface area contributed by atoms with E-state index in [1.165, 1.54) is 11.1 Å². The average Bonchev–Trinajstić information content (AvgIpc) is 2.72. The summed E-state index contributed by atoms with van der Waals surface area (Å²) in [5, 5.41) is 9.97. The van der Waals surface area contributed by atoms with Crippen molar-refractivity contribution in [1.82, 2.24) is 11.1 Å². The molecule has 4 rings (SSSR count). The number of methoxy groups -OCH3 is 1. The molecule has 0 saturated carbocycles. The van der Waals surface area contributed by atoms with Gasteiger partial charge in [-0.05, 0) is 31.6 Å². The first-order chi connectivity index (χ1) is 10.1. The van der Waals surface area contributed by atoms with Gasteiger partial charge in [0.25, 0.3) is 0 Å². The standard InChI is InChI=1S/C17H21NO3.H3N/c1-18-8-7-17-6-5-12(19)9-14(17)21-16-13(20-2)4-3-11(10-18)15(16)17;/h3-6,12,14,19H,7-10H2,1-2H3;1H3/t12-,14-,17-;/m0./s1. The van der Waals surface area contributed by atoms with E-state index in [9.17, 15) is 5.11 Å². The maximum atomic E-state index is 9.97. The molecule has 1 aliphatic carbocycles. The van der Waals surface area contributed by atoms with Crippen molar-refractivity contribution in [3.05, 3.63) is 35.4 Å². The summed E-state index contributed by atoms with van der Waals surface area (Å²) in [5.74, 6) is 1.68. The first-order valence-electron chi connectivity index (χ1n) is 7.57. The Kier molecular flexibility index (Phi) is 3.67. The van der Waals surface area contributed by atoms with Crippen LogP contribution >= 0.6 is 0 Å². The second-order valence-corrected chi connectivity index (χ2v) is 6.43. The normalized spacial score (nSPS) is 32.3. The van der Waals surface area contributed by atoms with Crippen LogP contribution < -0.4 is 15.6 Å². The third-order valence-corrected chi connectivity index (χ3v) is 5.15. The molecule has 0 aromatic heterocycles. The van der Waals surface area contributed by atoms with Crippen molar-refractivity contribution in [2.24, 2.45) is 0 Å². The van der Waals surface area contributed by atoms with E-state index in [1.54, 1.807) is 7.11 Å². The van der Waals surface area contributed by atoms with Gasteiger partial charge in [-0.2, -0.15) is 0 Å². The number of aliphatic hydroxyl groups is 1. The maximum Gasteiger partial charge on any atom is 0.166 e. The maximum absolute atomic E-state index is 9.97. The summed E-state index contributed by atoms with van der Waals surface area (Å²) in [4.78, 5) is 2.35. The molecule has 0 unspecified atom stereocenters. The predicted molar refractivity (Wildman–Crippen MR) is 84.8 cm³/mol. The third kappa shape index (κ3) is 1.96. The first kappa shape index (κ1) is 15.3. The van der Waals surface area contributed by atoms with Gasteiger partial charge in [0, 0.05) is 18.5 Å². The van der Waals surface area contributed by atoms with Gasteiger partial charge in [0.15, 0.2) is 11.5 Å². The number of benzene rings is 1. The first-order valence-corrected chi connectivity index (χ1v) is 7.57. The van der Waals surface area contributed by atoms with Crippen LogP contribution in [-0.4, -0.2) is 42.9 Å². The Morgan fingerprint density at radius 3 is 3.00 bits per heavy atom. The molecule has 22 heavy (non-hydrogen) atoms. The molecule has 5 nitrogen and oxygen atoms in total. The van der Waals surface area contributed by atoms with Crippen LogP contribution in [0.25, 0.3) is 0 Å². The van der Waals surface area contributed by atoms with Gasteiger partial charge < -0.3 is 25.6 Å². The van der Waals surface area contributed by atoms with Gasteiger partial charge in [0.1, 0.15) is 6.10 Å². The lowest BCUT2D eigenvalue weighted by atomic mass is 9.69. The van der Waals surface area contributed by atoms with E-state index < -0.39 is 6.10 Å². The van der Waals surface area contributed by atoms with Crippen molar-refractivity contribution in [2.75, 3.05) is 20.7 Å². The molecule has 5 heteroatoms. The van der Waals surface area contributed by atoms with E-state index >= 15 is 0 Å². The smallest absolute Gasteiger partial charge is 0.166 e. The van der Waals surface area contributed by atoms with Crippen LogP contribution in [0.3, 0.4) is 0 Å². The van der Waals surface area contributed by atoms with Crippen LogP contribution in [0.1, 0.15) is 24.0 Å². The Morgan fingerprint density at radius 2 is 2.23 bits per heavy atom. The molecule has 4 N–H and O–H groups in total. The van der Waals surface area contributed by atoms with Gasteiger partial charge in [-0.3, -0.25) is 0 Å². The molecule has 2 heterocycles. The number of ether oxygens (including phenoxy) is 2. The van der Waals surface area contributed by atoms with Crippen LogP contribution in [0.2, 0.25) is 0 Å². The largest absolute Gasteiger partial charge is 0.493 e. The van der Waals surface area contributed by atoms with E-state index in [0.717, 1.165) is 31.0 Å². The van der Waals surface area contributed by atoms with E-state index in [0.29, 0.717) is 6.42 Å². The molecule has 0 radical (unpaired) electrons. The second-order valence-electron chi connectivity index (χ2n) is 6.43. The van der Waals surface area contributed by atoms with E-state index in [4.69, 9.17) is 9.47 Å². The number of nitrogens with zero attached hydrogens (tertiary/aromatic N) is 1. The molecule has 0 amide bonds. The fraction of sp³-hybridized carbons (Fsp3) is 0.529. The molecule has 0 fully saturated rings. The number of hydrogen-bond acceptors (Lipinski definition) is 5. The van der Waals surface area contributed by atoms with Crippen LogP contribution in [0.5, 0.6) is 11.5 Å². The van der Waals surface area contributed by atoms with Gasteiger partial charge >= 0.3 is 0 Å². The van der Waals surface area contributed by atoms with Crippen LogP contribution in [0, 0.1) is 0 Å². The summed E-state index contributed by atoms with van der Waals surface area (Å²) >= 11 is 0. The lowest BCUT2D eigenvalue weighted by Gasteiger charge is -2.35. The predicted octanol–water partition coefficient (Wildman–Crippen LogP) is 2.01. The molecule has 3 aliphatic rings. The number of aliphatic hydroxyl groups excluding tert-OH is 1. The monoisotopic (exact) mass is 304 g/mol. The van der Waals surface area contributed by atoms with Crippen molar-refractivity contribution < 1.29 is 14.6 Å². The van der Waals surface area contributed by atoms with Crippen molar-refractivity contribution in [3.63, 3.8) is 0 Å². The van der Waals surface area contributed by atoms with Gasteiger partial charge in [0.05, 0.1) is 18.6 Å². The summed E-state index contributed by atoms with van der Waals surface area (Å²) in [5.41, 5.74) is 2.48. The summed E-state index contributed by atoms with van der Waals surface area (Å²) in [7, 11) is 3.84. The van der Waals surface area contributed by atoms with E-state index in [-0.39, 0.29) is 17.7 Å². The fourth-order valence-corrected chi connectivity index (χ4v) is 4.08. The van der Waals surface area contributed by atoms with Gasteiger partial charge in [-0.1, -0.05) is 18.2 Å². The van der Waals surface area contributed by atoms with Crippen LogP contribution in [0.15, 0.2) is 24.3 Å². The molecule has 1 spiro atoms. The van der Waals surface area contributed by atoms with Gasteiger partial charge in [0.2, 0.25) is 0 Å². The minimum atomic E-state index is -0.412. The SMILES string of the molecule is COc1ccc2c3c1O[C@H]1C[C@@H](O)C=C[C@@]31CCN(C)C2.N. The topological polar surface area (TPSA) is 76.9 Å². The highest BCUT2D eigenvalue weighted by atomic mass is 16.5. The summed E-state index contributed by atoms with van der Waals surface area (Å²) in [6.45, 7) is 1.96. The minimum absolute atomic E-state index is 0. The molecule has 0 saturated heterocycles. The summed E-state index contributed by atoms with van der Waals surface area (Å²) in [6.07, 6.45) is 5.38. The van der Waals surface area contributed by atoms with Crippen molar-refractivity contribution in [2.45, 2.75) is 37.0 Å². The Hall–Kier alpha value is -1.56.